The highest BCUT2D eigenvalue weighted by atomic mass is 19.1. The molecule has 0 spiro atoms. The normalized spacial score (nSPS) is 18.7. The van der Waals surface area contributed by atoms with Crippen molar-refractivity contribution in [3.63, 3.8) is 0 Å². The summed E-state index contributed by atoms with van der Waals surface area (Å²) in [4.78, 5) is 24.2. The topological polar surface area (TPSA) is 150 Å². The maximum absolute atomic E-state index is 14.6. The van der Waals surface area contributed by atoms with Crippen LogP contribution in [0.15, 0.2) is 37.2 Å². The van der Waals surface area contributed by atoms with Gasteiger partial charge in [0.05, 0.1) is 29.3 Å². The third-order valence-corrected chi connectivity index (χ3v) is 5.05. The van der Waals surface area contributed by atoms with Gasteiger partial charge >= 0.3 is 0 Å². The number of nitrogens with one attached hydrogen (secondary N) is 2. The number of carbonyl (C=O) groups is 1. The third-order valence-electron chi connectivity index (χ3n) is 5.05. The van der Waals surface area contributed by atoms with Gasteiger partial charge in [-0.15, -0.1) is 0 Å². The van der Waals surface area contributed by atoms with Crippen LogP contribution in [0.4, 0.5) is 21.7 Å². The third kappa shape index (κ3) is 4.20. The number of anilines is 3. The second-order valence-corrected chi connectivity index (χ2v) is 7.18. The number of hydrogen-bond acceptors (Lipinski definition) is 8. The fraction of sp³-hybridized carbons (Fsp3) is 0.316. The maximum atomic E-state index is 14.6. The lowest BCUT2D eigenvalue weighted by atomic mass is 9.91. The molecule has 0 aromatic carbocycles. The fourth-order valence-corrected chi connectivity index (χ4v) is 3.49. The summed E-state index contributed by atoms with van der Waals surface area (Å²) in [7, 11) is 0. The van der Waals surface area contributed by atoms with E-state index in [0.29, 0.717) is 11.4 Å². The van der Waals surface area contributed by atoms with Crippen molar-refractivity contribution in [2.24, 2.45) is 11.5 Å². The Morgan fingerprint density at radius 2 is 2.00 bits per heavy atom. The van der Waals surface area contributed by atoms with Crippen molar-refractivity contribution in [3.05, 3.63) is 48.6 Å². The zero-order valence-corrected chi connectivity index (χ0v) is 16.1. The summed E-state index contributed by atoms with van der Waals surface area (Å²) in [6.07, 6.45) is 9.83. The minimum absolute atomic E-state index is 0.0187. The Kier molecular flexibility index (Phi) is 5.53. The Morgan fingerprint density at radius 3 is 2.73 bits per heavy atom. The Labute approximate surface area is 171 Å². The van der Waals surface area contributed by atoms with Gasteiger partial charge in [0.15, 0.2) is 11.6 Å². The largest absolute Gasteiger partial charge is 0.365 e. The van der Waals surface area contributed by atoms with E-state index in [1.54, 1.807) is 18.5 Å². The predicted molar refractivity (Wildman–Crippen MR) is 109 cm³/mol. The van der Waals surface area contributed by atoms with Crippen LogP contribution in [0.25, 0.3) is 5.69 Å². The zero-order chi connectivity index (χ0) is 21.1. The summed E-state index contributed by atoms with van der Waals surface area (Å²) in [5.41, 5.74) is 12.7. The summed E-state index contributed by atoms with van der Waals surface area (Å²) in [5, 5.41) is 10.1. The number of nitrogens with zero attached hydrogens (tertiary/aromatic N) is 5. The van der Waals surface area contributed by atoms with E-state index in [-0.39, 0.29) is 29.3 Å². The minimum atomic E-state index is -0.801. The number of carbonyl (C=O) groups excluding carboxylic acids is 1. The number of rotatable bonds is 6. The van der Waals surface area contributed by atoms with Gasteiger partial charge in [-0.05, 0) is 25.0 Å². The van der Waals surface area contributed by atoms with E-state index in [1.165, 1.54) is 17.3 Å². The van der Waals surface area contributed by atoms with Gasteiger partial charge in [-0.2, -0.15) is 5.10 Å². The first-order chi connectivity index (χ1) is 14.5. The average molecular weight is 411 g/mol. The molecule has 4 rings (SSSR count). The monoisotopic (exact) mass is 411 g/mol. The Morgan fingerprint density at radius 1 is 1.17 bits per heavy atom. The SMILES string of the molecule is NC(=O)c1cc(F)c(NC2CCCC[C@@H]2N)nc1Nc1cncc(-n2cncn2)c1. The molecule has 0 bridgehead atoms. The van der Waals surface area contributed by atoms with Crippen LogP contribution >= 0.6 is 0 Å². The summed E-state index contributed by atoms with van der Waals surface area (Å²) in [6, 6.07) is 2.63. The first-order valence-corrected chi connectivity index (χ1v) is 9.61. The molecule has 1 fully saturated rings. The summed E-state index contributed by atoms with van der Waals surface area (Å²) < 4.78 is 16.2. The number of amides is 1. The Balaban J connectivity index is 1.64. The van der Waals surface area contributed by atoms with Crippen LogP contribution in [0.3, 0.4) is 0 Å². The molecule has 1 aliphatic rings. The number of aromatic nitrogens is 5. The first-order valence-electron chi connectivity index (χ1n) is 9.61. The lowest BCUT2D eigenvalue weighted by Crippen LogP contribution is -2.43. The highest BCUT2D eigenvalue weighted by Crippen LogP contribution is 2.27. The molecule has 3 aromatic heterocycles. The highest BCUT2D eigenvalue weighted by Gasteiger charge is 2.24. The first kappa shape index (κ1) is 19.7. The molecule has 30 heavy (non-hydrogen) atoms. The number of nitrogens with two attached hydrogens (primary N) is 2. The quantitative estimate of drug-likeness (QED) is 0.479. The lowest BCUT2D eigenvalue weighted by molar-refractivity contribution is 0.100. The van der Waals surface area contributed by atoms with Crippen LogP contribution < -0.4 is 22.1 Å². The molecule has 1 amide bonds. The number of pyridine rings is 2. The zero-order valence-electron chi connectivity index (χ0n) is 16.1. The number of halogens is 1. The van der Waals surface area contributed by atoms with E-state index in [9.17, 15) is 9.18 Å². The molecule has 1 aliphatic carbocycles. The van der Waals surface area contributed by atoms with Crippen molar-refractivity contribution < 1.29 is 9.18 Å². The van der Waals surface area contributed by atoms with E-state index in [1.807, 2.05) is 0 Å². The molecular formula is C19H22FN9O. The standard InChI is InChI=1S/C19H22FN9O/c20-14-6-13(17(22)30)18(28-19(14)27-16-4-2-1-3-15(16)21)26-11-5-12(8-23-7-11)29-10-24-9-25-29/h5-10,15-16H,1-4,21H2,(H2,22,30)(H2,26,27,28)/t15-,16?/m0/s1. The van der Waals surface area contributed by atoms with Gasteiger partial charge in [-0.3, -0.25) is 9.78 Å². The summed E-state index contributed by atoms with van der Waals surface area (Å²) in [6.45, 7) is 0. The molecule has 1 saturated carbocycles. The van der Waals surface area contributed by atoms with E-state index < -0.39 is 11.7 Å². The van der Waals surface area contributed by atoms with Crippen LogP contribution in [0.2, 0.25) is 0 Å². The molecule has 0 aliphatic heterocycles. The second kappa shape index (κ2) is 8.41. The lowest BCUT2D eigenvalue weighted by Gasteiger charge is -2.30. The van der Waals surface area contributed by atoms with Crippen molar-refractivity contribution >= 4 is 23.2 Å². The molecule has 0 saturated heterocycles. The number of primary amides is 1. The van der Waals surface area contributed by atoms with Gasteiger partial charge < -0.3 is 22.1 Å². The van der Waals surface area contributed by atoms with E-state index in [2.05, 4.69) is 30.7 Å². The van der Waals surface area contributed by atoms with Gasteiger partial charge in [0.2, 0.25) is 0 Å². The minimum Gasteiger partial charge on any atom is -0.365 e. The van der Waals surface area contributed by atoms with Crippen LogP contribution in [-0.2, 0) is 0 Å². The van der Waals surface area contributed by atoms with Gasteiger partial charge in [0, 0.05) is 12.1 Å². The van der Waals surface area contributed by atoms with Crippen molar-refractivity contribution in [1.29, 1.82) is 0 Å². The molecule has 156 valence electrons. The Bertz CT molecular complexity index is 1040. The van der Waals surface area contributed by atoms with Crippen molar-refractivity contribution in [2.75, 3.05) is 10.6 Å². The molecular weight excluding hydrogens is 389 g/mol. The van der Waals surface area contributed by atoms with Crippen molar-refractivity contribution in [1.82, 2.24) is 24.7 Å². The predicted octanol–water partition coefficient (Wildman–Crippen LogP) is 1.72. The van der Waals surface area contributed by atoms with Crippen LogP contribution in [-0.4, -0.2) is 42.7 Å². The van der Waals surface area contributed by atoms with Gasteiger partial charge in [0.25, 0.3) is 5.91 Å². The molecule has 3 heterocycles. The molecule has 1 unspecified atom stereocenters. The smallest absolute Gasteiger partial charge is 0.252 e. The van der Waals surface area contributed by atoms with Crippen LogP contribution in [0, 0.1) is 5.82 Å². The summed E-state index contributed by atoms with van der Waals surface area (Å²) in [5.74, 6) is -1.33. The Hall–Kier alpha value is -3.60. The van der Waals surface area contributed by atoms with E-state index in [4.69, 9.17) is 11.5 Å². The van der Waals surface area contributed by atoms with Gasteiger partial charge in [-0.25, -0.2) is 19.0 Å². The molecule has 11 heteroatoms. The van der Waals surface area contributed by atoms with Crippen LogP contribution in [0.1, 0.15) is 36.0 Å². The van der Waals surface area contributed by atoms with E-state index in [0.717, 1.165) is 31.7 Å². The molecule has 3 aromatic rings. The van der Waals surface area contributed by atoms with Gasteiger partial charge in [-0.1, -0.05) is 12.8 Å². The summed E-state index contributed by atoms with van der Waals surface area (Å²) >= 11 is 0. The number of hydrogen-bond donors (Lipinski definition) is 4. The van der Waals surface area contributed by atoms with Crippen molar-refractivity contribution in [3.8, 4) is 5.69 Å². The van der Waals surface area contributed by atoms with E-state index >= 15 is 0 Å². The second-order valence-electron chi connectivity index (χ2n) is 7.18. The van der Waals surface area contributed by atoms with Gasteiger partial charge in [0.1, 0.15) is 18.5 Å². The van der Waals surface area contributed by atoms with Crippen molar-refractivity contribution in [2.45, 2.75) is 37.8 Å². The highest BCUT2D eigenvalue weighted by molar-refractivity contribution is 5.98. The molecule has 6 N–H and O–H groups in total. The molecule has 0 radical (unpaired) electrons. The van der Waals surface area contributed by atoms with Crippen LogP contribution in [0.5, 0.6) is 0 Å². The molecule has 10 nitrogen and oxygen atoms in total. The average Bonchev–Trinajstić information content (AvgIpc) is 3.27. The maximum Gasteiger partial charge on any atom is 0.252 e. The fourth-order valence-electron chi connectivity index (χ4n) is 3.49. The molecule has 2 atom stereocenters.